The first kappa shape index (κ1) is 15.8. The minimum atomic E-state index is 0.321. The molecule has 1 aromatic carbocycles. The van der Waals surface area contributed by atoms with Gasteiger partial charge in [0.15, 0.2) is 0 Å². The standard InChI is InChI=1S/C17H27NO/c1-6-10-18-15(5)16-12-14(4)7-8-17(16)19-11-9-13(2)3/h7-9,12,15,18H,6,10-11H2,1-5H3. The van der Waals surface area contributed by atoms with Gasteiger partial charge in [-0.1, -0.05) is 30.2 Å². The van der Waals surface area contributed by atoms with Gasteiger partial charge in [0, 0.05) is 11.6 Å². The monoisotopic (exact) mass is 261 g/mol. The predicted octanol–water partition coefficient (Wildman–Crippen LogP) is 4.40. The predicted molar refractivity (Wildman–Crippen MR) is 82.8 cm³/mol. The Morgan fingerprint density at radius 3 is 2.74 bits per heavy atom. The Bertz CT molecular complexity index is 419. The van der Waals surface area contributed by atoms with E-state index in [9.17, 15) is 0 Å². The van der Waals surface area contributed by atoms with Crippen molar-refractivity contribution in [3.05, 3.63) is 41.0 Å². The van der Waals surface area contributed by atoms with Crippen molar-refractivity contribution in [1.29, 1.82) is 0 Å². The normalized spacial score (nSPS) is 12.1. The van der Waals surface area contributed by atoms with Crippen LogP contribution in [0.3, 0.4) is 0 Å². The molecule has 2 nitrogen and oxygen atoms in total. The van der Waals surface area contributed by atoms with Gasteiger partial charge in [-0.3, -0.25) is 0 Å². The molecule has 0 aliphatic heterocycles. The van der Waals surface area contributed by atoms with E-state index in [1.807, 2.05) is 0 Å². The van der Waals surface area contributed by atoms with Crippen LogP contribution in [0, 0.1) is 6.92 Å². The first-order valence-electron chi connectivity index (χ1n) is 7.14. The molecule has 19 heavy (non-hydrogen) atoms. The minimum Gasteiger partial charge on any atom is -0.489 e. The number of benzene rings is 1. The fourth-order valence-corrected chi connectivity index (χ4v) is 1.91. The second-order valence-electron chi connectivity index (χ2n) is 5.31. The van der Waals surface area contributed by atoms with Crippen LogP contribution in [-0.2, 0) is 0 Å². The van der Waals surface area contributed by atoms with Crippen molar-refractivity contribution >= 4 is 0 Å². The summed E-state index contributed by atoms with van der Waals surface area (Å²) in [5, 5.41) is 3.52. The van der Waals surface area contributed by atoms with Gasteiger partial charge in [0.1, 0.15) is 12.4 Å². The molecule has 1 unspecified atom stereocenters. The lowest BCUT2D eigenvalue weighted by molar-refractivity contribution is 0.353. The Morgan fingerprint density at radius 1 is 1.37 bits per heavy atom. The molecule has 1 aromatic rings. The van der Waals surface area contributed by atoms with Gasteiger partial charge in [0.2, 0.25) is 0 Å². The molecule has 0 saturated heterocycles. The molecule has 2 heteroatoms. The lowest BCUT2D eigenvalue weighted by atomic mass is 10.0. The maximum absolute atomic E-state index is 5.89. The molecule has 1 atom stereocenters. The average Bonchev–Trinajstić information content (AvgIpc) is 2.37. The lowest BCUT2D eigenvalue weighted by Crippen LogP contribution is -2.20. The van der Waals surface area contributed by atoms with E-state index in [0.29, 0.717) is 12.6 Å². The van der Waals surface area contributed by atoms with Crippen molar-refractivity contribution in [2.24, 2.45) is 0 Å². The second-order valence-corrected chi connectivity index (χ2v) is 5.31. The van der Waals surface area contributed by atoms with Crippen molar-refractivity contribution in [2.45, 2.75) is 47.1 Å². The Balaban J connectivity index is 2.81. The summed E-state index contributed by atoms with van der Waals surface area (Å²) >= 11 is 0. The van der Waals surface area contributed by atoms with E-state index in [2.05, 4.69) is 64.2 Å². The van der Waals surface area contributed by atoms with Gasteiger partial charge in [0.25, 0.3) is 0 Å². The quantitative estimate of drug-likeness (QED) is 0.734. The molecular weight excluding hydrogens is 234 g/mol. The zero-order valence-electron chi connectivity index (χ0n) is 12.9. The van der Waals surface area contributed by atoms with Crippen LogP contribution in [0.2, 0.25) is 0 Å². The molecular formula is C17H27NO. The maximum Gasteiger partial charge on any atom is 0.124 e. The fraction of sp³-hybridized carbons (Fsp3) is 0.529. The number of nitrogens with one attached hydrogen (secondary N) is 1. The SMILES string of the molecule is CCCNC(C)c1cc(C)ccc1OCC=C(C)C. The molecule has 1 rings (SSSR count). The molecule has 0 heterocycles. The number of ether oxygens (including phenoxy) is 1. The van der Waals surface area contributed by atoms with Crippen LogP contribution in [0.15, 0.2) is 29.8 Å². The number of aryl methyl sites for hydroxylation is 1. The van der Waals surface area contributed by atoms with Crippen molar-refractivity contribution in [3.63, 3.8) is 0 Å². The summed E-state index contributed by atoms with van der Waals surface area (Å²) in [5.74, 6) is 0.985. The summed E-state index contributed by atoms with van der Waals surface area (Å²) in [6.07, 6.45) is 3.25. The molecule has 0 radical (unpaired) electrons. The van der Waals surface area contributed by atoms with Crippen LogP contribution in [-0.4, -0.2) is 13.2 Å². The fourth-order valence-electron chi connectivity index (χ4n) is 1.91. The molecule has 0 aliphatic carbocycles. The minimum absolute atomic E-state index is 0.321. The van der Waals surface area contributed by atoms with Crippen molar-refractivity contribution in [2.75, 3.05) is 13.2 Å². The molecule has 0 bridgehead atoms. The third-order valence-electron chi connectivity index (χ3n) is 3.06. The summed E-state index contributed by atoms with van der Waals surface area (Å²) in [7, 11) is 0. The second kappa shape index (κ2) is 8.00. The Kier molecular flexibility index (Phi) is 6.65. The highest BCUT2D eigenvalue weighted by Crippen LogP contribution is 2.26. The molecule has 0 aliphatic rings. The van der Waals surface area contributed by atoms with E-state index in [-0.39, 0.29) is 0 Å². The molecule has 0 aromatic heterocycles. The van der Waals surface area contributed by atoms with Gasteiger partial charge in [-0.05, 0) is 52.8 Å². The van der Waals surface area contributed by atoms with Crippen molar-refractivity contribution < 1.29 is 4.74 Å². The third-order valence-corrected chi connectivity index (χ3v) is 3.06. The summed E-state index contributed by atoms with van der Waals surface area (Å²) in [6.45, 7) is 12.3. The average molecular weight is 261 g/mol. The topological polar surface area (TPSA) is 21.3 Å². The van der Waals surface area contributed by atoms with Crippen LogP contribution in [0.4, 0.5) is 0 Å². The van der Waals surface area contributed by atoms with E-state index in [0.717, 1.165) is 18.7 Å². The van der Waals surface area contributed by atoms with Crippen LogP contribution in [0.5, 0.6) is 5.75 Å². The summed E-state index contributed by atoms with van der Waals surface area (Å²) < 4.78 is 5.89. The van der Waals surface area contributed by atoms with Crippen molar-refractivity contribution in [1.82, 2.24) is 5.32 Å². The third kappa shape index (κ3) is 5.48. The smallest absolute Gasteiger partial charge is 0.124 e. The van der Waals surface area contributed by atoms with E-state index in [4.69, 9.17) is 4.74 Å². The Morgan fingerprint density at radius 2 is 2.11 bits per heavy atom. The van der Waals surface area contributed by atoms with E-state index >= 15 is 0 Å². The zero-order valence-corrected chi connectivity index (χ0v) is 12.9. The van der Waals surface area contributed by atoms with Gasteiger partial charge in [-0.2, -0.15) is 0 Å². The van der Waals surface area contributed by atoms with E-state index < -0.39 is 0 Å². The van der Waals surface area contributed by atoms with Gasteiger partial charge >= 0.3 is 0 Å². The molecule has 1 N–H and O–H groups in total. The molecule has 0 spiro atoms. The van der Waals surface area contributed by atoms with Gasteiger partial charge in [0.05, 0.1) is 0 Å². The molecule has 0 saturated carbocycles. The number of allylic oxidation sites excluding steroid dienone is 1. The lowest BCUT2D eigenvalue weighted by Gasteiger charge is -2.18. The largest absolute Gasteiger partial charge is 0.489 e. The van der Waals surface area contributed by atoms with E-state index in [1.165, 1.54) is 16.7 Å². The summed E-state index contributed by atoms with van der Waals surface area (Å²) in [4.78, 5) is 0. The highest BCUT2D eigenvalue weighted by atomic mass is 16.5. The van der Waals surface area contributed by atoms with Crippen LogP contribution in [0.1, 0.15) is 51.3 Å². The highest BCUT2D eigenvalue weighted by molar-refractivity contribution is 5.39. The van der Waals surface area contributed by atoms with Crippen molar-refractivity contribution in [3.8, 4) is 5.75 Å². The number of hydrogen-bond donors (Lipinski definition) is 1. The first-order valence-corrected chi connectivity index (χ1v) is 7.14. The van der Waals surface area contributed by atoms with Crippen LogP contribution >= 0.6 is 0 Å². The zero-order chi connectivity index (χ0) is 14.3. The summed E-state index contributed by atoms with van der Waals surface area (Å²) in [6, 6.07) is 6.72. The molecule has 0 amide bonds. The van der Waals surface area contributed by atoms with Gasteiger partial charge in [-0.15, -0.1) is 0 Å². The van der Waals surface area contributed by atoms with Crippen LogP contribution < -0.4 is 10.1 Å². The van der Waals surface area contributed by atoms with Crippen LogP contribution in [0.25, 0.3) is 0 Å². The molecule has 0 fully saturated rings. The first-order chi connectivity index (χ1) is 9.04. The highest BCUT2D eigenvalue weighted by Gasteiger charge is 2.11. The number of hydrogen-bond acceptors (Lipinski definition) is 2. The maximum atomic E-state index is 5.89. The summed E-state index contributed by atoms with van der Waals surface area (Å²) in [5.41, 5.74) is 3.80. The Hall–Kier alpha value is -1.28. The van der Waals surface area contributed by atoms with Gasteiger partial charge < -0.3 is 10.1 Å². The Labute approximate surface area is 117 Å². The van der Waals surface area contributed by atoms with Gasteiger partial charge in [-0.25, -0.2) is 0 Å². The van der Waals surface area contributed by atoms with E-state index in [1.54, 1.807) is 0 Å². The molecule has 106 valence electrons. The number of rotatable bonds is 7.